The van der Waals surface area contributed by atoms with Gasteiger partial charge in [-0.15, -0.1) is 0 Å². The van der Waals surface area contributed by atoms with Crippen molar-refractivity contribution >= 4 is 33.4 Å². The van der Waals surface area contributed by atoms with Gasteiger partial charge in [0.25, 0.3) is 0 Å². The van der Waals surface area contributed by atoms with Gasteiger partial charge >= 0.3 is 5.97 Å². The van der Waals surface area contributed by atoms with Gasteiger partial charge in [-0.05, 0) is 6.07 Å². The Labute approximate surface area is 173 Å². The van der Waals surface area contributed by atoms with E-state index in [1.54, 1.807) is 20.8 Å². The van der Waals surface area contributed by atoms with Gasteiger partial charge in [-0.1, -0.05) is 85.2 Å². The molecule has 6 heteroatoms. The van der Waals surface area contributed by atoms with Crippen molar-refractivity contribution in [3.8, 4) is 0 Å². The fraction of sp³-hybridized carbons (Fsp3) is 0.227. The summed E-state index contributed by atoms with van der Waals surface area (Å²) in [6, 6.07) is 17.2. The Balaban J connectivity index is 2.50. The standard InChI is InChI=1S/C22H23BrN2O3/c1-22(2,3)19(26)14-18(21(27)28-4)24-25-20(15-10-6-5-7-11-15)16-12-8-9-13-17(16)23/h5-14,24H,1-4H3/b18-14-,25-20+. The summed E-state index contributed by atoms with van der Waals surface area (Å²) in [6.07, 6.45) is 1.23. The van der Waals surface area contributed by atoms with E-state index >= 15 is 0 Å². The number of hydrogen-bond donors (Lipinski definition) is 1. The van der Waals surface area contributed by atoms with Crippen molar-refractivity contribution in [2.24, 2.45) is 10.5 Å². The van der Waals surface area contributed by atoms with Crippen LogP contribution < -0.4 is 5.43 Å². The Morgan fingerprint density at radius 3 is 2.21 bits per heavy atom. The lowest BCUT2D eigenvalue weighted by atomic mass is 9.90. The molecule has 0 aliphatic rings. The molecule has 1 N–H and O–H groups in total. The highest BCUT2D eigenvalue weighted by Gasteiger charge is 2.22. The van der Waals surface area contributed by atoms with Crippen LogP contribution in [-0.4, -0.2) is 24.6 Å². The molecule has 0 aromatic heterocycles. The van der Waals surface area contributed by atoms with Gasteiger partial charge in [-0.25, -0.2) is 4.79 Å². The van der Waals surface area contributed by atoms with Gasteiger partial charge in [0.05, 0.1) is 12.8 Å². The van der Waals surface area contributed by atoms with Crippen LogP contribution in [0.2, 0.25) is 0 Å². The third kappa shape index (κ3) is 5.63. The second kappa shape index (κ2) is 9.46. The number of nitrogens with one attached hydrogen (secondary N) is 1. The molecule has 0 amide bonds. The second-order valence-corrected chi connectivity index (χ2v) is 7.94. The maximum atomic E-state index is 12.4. The molecule has 0 spiro atoms. The zero-order valence-corrected chi connectivity index (χ0v) is 17.9. The van der Waals surface area contributed by atoms with E-state index < -0.39 is 11.4 Å². The summed E-state index contributed by atoms with van der Waals surface area (Å²) in [5.41, 5.74) is 4.39. The van der Waals surface area contributed by atoms with Gasteiger partial charge < -0.3 is 4.74 Å². The lowest BCUT2D eigenvalue weighted by molar-refractivity contribution is -0.137. The van der Waals surface area contributed by atoms with Crippen molar-refractivity contribution in [2.45, 2.75) is 20.8 Å². The maximum Gasteiger partial charge on any atom is 0.356 e. The average molecular weight is 443 g/mol. The van der Waals surface area contributed by atoms with E-state index in [1.807, 2.05) is 54.6 Å². The van der Waals surface area contributed by atoms with Crippen LogP contribution in [0.15, 0.2) is 75.9 Å². The van der Waals surface area contributed by atoms with Crippen molar-refractivity contribution in [1.82, 2.24) is 5.43 Å². The SMILES string of the molecule is COC(=O)/C(=C/C(=O)C(C)(C)C)N/N=C(\c1ccccc1)c1ccccc1Br. The molecule has 5 nitrogen and oxygen atoms in total. The summed E-state index contributed by atoms with van der Waals surface area (Å²) in [5, 5.41) is 4.44. The molecule has 0 saturated heterocycles. The molecule has 0 bridgehead atoms. The number of benzene rings is 2. The molecule has 0 heterocycles. The van der Waals surface area contributed by atoms with Crippen LogP contribution in [0.25, 0.3) is 0 Å². The van der Waals surface area contributed by atoms with Crippen LogP contribution in [0.3, 0.4) is 0 Å². The number of rotatable bonds is 6. The zero-order valence-electron chi connectivity index (χ0n) is 16.3. The molecule has 0 saturated carbocycles. The molecular weight excluding hydrogens is 420 g/mol. The first-order chi connectivity index (χ1) is 13.2. The van der Waals surface area contributed by atoms with Gasteiger partial charge in [-0.3, -0.25) is 10.2 Å². The van der Waals surface area contributed by atoms with E-state index in [0.29, 0.717) is 5.71 Å². The summed E-state index contributed by atoms with van der Waals surface area (Å²) < 4.78 is 5.65. The molecule has 28 heavy (non-hydrogen) atoms. The highest BCUT2D eigenvalue weighted by molar-refractivity contribution is 9.10. The fourth-order valence-electron chi connectivity index (χ4n) is 2.24. The summed E-state index contributed by atoms with van der Waals surface area (Å²) in [4.78, 5) is 24.5. The van der Waals surface area contributed by atoms with Crippen LogP contribution in [0, 0.1) is 5.41 Å². The third-order valence-electron chi connectivity index (χ3n) is 3.88. The summed E-state index contributed by atoms with van der Waals surface area (Å²) in [6.45, 7) is 5.33. The molecule has 0 fully saturated rings. The third-order valence-corrected chi connectivity index (χ3v) is 4.58. The average Bonchev–Trinajstić information content (AvgIpc) is 2.67. The minimum Gasteiger partial charge on any atom is -0.464 e. The first kappa shape index (κ1) is 21.6. The molecule has 2 aromatic carbocycles. The Kier molecular flexibility index (Phi) is 7.29. The topological polar surface area (TPSA) is 67.8 Å². The monoisotopic (exact) mass is 442 g/mol. The Hall–Kier alpha value is -2.73. The second-order valence-electron chi connectivity index (χ2n) is 7.08. The lowest BCUT2D eigenvalue weighted by Crippen LogP contribution is -2.24. The summed E-state index contributed by atoms with van der Waals surface area (Å²) in [7, 11) is 1.26. The molecule has 0 atom stereocenters. The van der Waals surface area contributed by atoms with E-state index in [9.17, 15) is 9.59 Å². The van der Waals surface area contributed by atoms with Gasteiger partial charge in [-0.2, -0.15) is 5.10 Å². The van der Waals surface area contributed by atoms with E-state index in [-0.39, 0.29) is 11.5 Å². The number of nitrogens with zero attached hydrogens (tertiary/aromatic N) is 1. The quantitative estimate of drug-likeness (QED) is 0.310. The van der Waals surface area contributed by atoms with Crippen LogP contribution in [0.4, 0.5) is 0 Å². The predicted molar refractivity (Wildman–Crippen MR) is 114 cm³/mol. The molecule has 2 aromatic rings. The van der Waals surface area contributed by atoms with Crippen molar-refractivity contribution < 1.29 is 14.3 Å². The van der Waals surface area contributed by atoms with E-state index in [1.165, 1.54) is 13.2 Å². The number of ketones is 1. The molecule has 0 aliphatic heterocycles. The van der Waals surface area contributed by atoms with Crippen LogP contribution in [0.1, 0.15) is 31.9 Å². The molecule has 0 aliphatic carbocycles. The lowest BCUT2D eigenvalue weighted by Gasteiger charge is -2.15. The molecule has 0 unspecified atom stereocenters. The van der Waals surface area contributed by atoms with Gasteiger partial charge in [0.1, 0.15) is 5.70 Å². The molecule has 0 radical (unpaired) electrons. The first-order valence-corrected chi connectivity index (χ1v) is 9.52. The van der Waals surface area contributed by atoms with E-state index in [0.717, 1.165) is 15.6 Å². The Morgan fingerprint density at radius 2 is 1.64 bits per heavy atom. The number of allylic oxidation sites excluding steroid dienone is 1. The van der Waals surface area contributed by atoms with Crippen LogP contribution in [0.5, 0.6) is 0 Å². The predicted octanol–water partition coefficient (Wildman–Crippen LogP) is 4.46. The Bertz CT molecular complexity index is 913. The molecule has 146 valence electrons. The highest BCUT2D eigenvalue weighted by Crippen LogP contribution is 2.21. The number of esters is 1. The van der Waals surface area contributed by atoms with Crippen molar-refractivity contribution in [3.05, 3.63) is 82.0 Å². The normalized spacial score (nSPS) is 12.5. The first-order valence-electron chi connectivity index (χ1n) is 8.72. The van der Waals surface area contributed by atoms with Gasteiger partial charge in [0.2, 0.25) is 0 Å². The number of carbonyl (C=O) groups excluding carboxylic acids is 2. The summed E-state index contributed by atoms with van der Waals surface area (Å²) >= 11 is 3.54. The van der Waals surface area contributed by atoms with Crippen molar-refractivity contribution in [2.75, 3.05) is 7.11 Å². The van der Waals surface area contributed by atoms with Crippen LogP contribution in [-0.2, 0) is 14.3 Å². The van der Waals surface area contributed by atoms with Gasteiger partial charge in [0.15, 0.2) is 5.78 Å². The number of halogens is 1. The number of hydrazone groups is 1. The molecule has 2 rings (SSSR count). The fourth-order valence-corrected chi connectivity index (χ4v) is 2.71. The van der Waals surface area contributed by atoms with Crippen LogP contribution >= 0.6 is 15.9 Å². The van der Waals surface area contributed by atoms with Crippen molar-refractivity contribution in [3.63, 3.8) is 0 Å². The minimum absolute atomic E-state index is 0.0251. The highest BCUT2D eigenvalue weighted by atomic mass is 79.9. The molecular formula is C22H23BrN2O3. The number of hydrogen-bond acceptors (Lipinski definition) is 5. The maximum absolute atomic E-state index is 12.4. The Morgan fingerprint density at radius 1 is 1.04 bits per heavy atom. The smallest absolute Gasteiger partial charge is 0.356 e. The van der Waals surface area contributed by atoms with Crippen molar-refractivity contribution in [1.29, 1.82) is 0 Å². The zero-order chi connectivity index (χ0) is 20.7. The van der Waals surface area contributed by atoms with E-state index in [2.05, 4.69) is 26.5 Å². The van der Waals surface area contributed by atoms with Gasteiger partial charge in [0, 0.05) is 27.1 Å². The number of methoxy groups -OCH3 is 1. The minimum atomic E-state index is -0.666. The largest absolute Gasteiger partial charge is 0.464 e. The number of ether oxygens (including phenoxy) is 1. The van der Waals surface area contributed by atoms with E-state index in [4.69, 9.17) is 4.74 Å². The number of carbonyl (C=O) groups is 2. The summed E-state index contributed by atoms with van der Waals surface area (Å²) in [5.74, 6) is -0.876.